The van der Waals surface area contributed by atoms with Crippen molar-refractivity contribution in [3.63, 3.8) is 0 Å². The largest absolute Gasteiger partial charge is 0.494 e. The number of allylic oxidation sites excluding steroid dienone is 1. The van der Waals surface area contributed by atoms with E-state index in [1.807, 2.05) is 61.5 Å². The van der Waals surface area contributed by atoms with Crippen LogP contribution < -0.4 is 10.1 Å². The van der Waals surface area contributed by atoms with Gasteiger partial charge in [0, 0.05) is 5.70 Å². The van der Waals surface area contributed by atoms with Gasteiger partial charge in [-0.1, -0.05) is 80.9 Å². The maximum absolute atomic E-state index is 13.4. The van der Waals surface area contributed by atoms with Crippen molar-refractivity contribution < 1.29 is 14.3 Å². The number of anilines is 1. The number of carbonyl (C=O) groups is 1. The van der Waals surface area contributed by atoms with Crippen molar-refractivity contribution in [2.24, 2.45) is 0 Å². The summed E-state index contributed by atoms with van der Waals surface area (Å²) in [6.45, 7) is 7.01. The number of nitrogens with one attached hydrogen (secondary N) is 1. The maximum atomic E-state index is 13.4. The monoisotopic (exact) mass is 492 g/mol. The van der Waals surface area contributed by atoms with Gasteiger partial charge in [-0.3, -0.25) is 0 Å². The third kappa shape index (κ3) is 6.06. The highest BCUT2D eigenvalue weighted by Gasteiger charge is 2.35. The van der Waals surface area contributed by atoms with Crippen LogP contribution in [0.1, 0.15) is 57.2 Å². The summed E-state index contributed by atoms with van der Waals surface area (Å²) in [6.07, 6.45) is 3.34. The van der Waals surface area contributed by atoms with Crippen LogP contribution in [-0.4, -0.2) is 33.1 Å². The zero-order valence-corrected chi connectivity index (χ0v) is 21.3. The molecule has 1 aliphatic heterocycles. The molecule has 0 fully saturated rings. The molecular formula is C27H32N4O3S. The Morgan fingerprint density at radius 2 is 1.86 bits per heavy atom. The second-order valence-electron chi connectivity index (χ2n) is 8.35. The number of nitrogens with zero attached hydrogens (tertiary/aromatic N) is 3. The number of thioether (sulfide) groups is 1. The molecule has 0 aliphatic carbocycles. The Labute approximate surface area is 210 Å². The minimum atomic E-state index is -0.456. The number of hydrogen-bond donors (Lipinski definition) is 1. The molecule has 0 amide bonds. The number of benzene rings is 2. The Hall–Kier alpha value is -3.26. The molecule has 35 heavy (non-hydrogen) atoms. The number of hydrogen-bond acceptors (Lipinski definition) is 7. The smallest absolute Gasteiger partial charge is 0.338 e. The fourth-order valence-electron chi connectivity index (χ4n) is 3.98. The second kappa shape index (κ2) is 11.9. The first-order valence-corrected chi connectivity index (χ1v) is 13.1. The molecular weight excluding hydrogens is 460 g/mol. The number of fused-ring (bicyclic) bond motifs is 1. The Kier molecular flexibility index (Phi) is 8.47. The molecule has 7 nitrogen and oxygen atoms in total. The second-order valence-corrected chi connectivity index (χ2v) is 9.58. The number of carbonyl (C=O) groups excluding carboxylic acids is 1. The van der Waals surface area contributed by atoms with E-state index >= 15 is 0 Å². The van der Waals surface area contributed by atoms with Crippen molar-refractivity contribution in [2.75, 3.05) is 17.7 Å². The Morgan fingerprint density at radius 3 is 2.57 bits per heavy atom. The molecule has 1 N–H and O–H groups in total. The number of ether oxygens (including phenoxy) is 2. The maximum Gasteiger partial charge on any atom is 0.338 e. The van der Waals surface area contributed by atoms with E-state index in [1.165, 1.54) is 0 Å². The van der Waals surface area contributed by atoms with Gasteiger partial charge >= 0.3 is 5.97 Å². The van der Waals surface area contributed by atoms with Crippen LogP contribution in [0.5, 0.6) is 5.75 Å². The molecule has 0 bridgehead atoms. The average molecular weight is 493 g/mol. The highest BCUT2D eigenvalue weighted by Crippen LogP contribution is 2.37. The molecule has 1 aliphatic rings. The van der Waals surface area contributed by atoms with Crippen molar-refractivity contribution in [3.8, 4) is 5.75 Å². The summed E-state index contributed by atoms with van der Waals surface area (Å²) in [7, 11) is 0. The zero-order chi connectivity index (χ0) is 24.6. The summed E-state index contributed by atoms with van der Waals surface area (Å²) in [5, 5.41) is 8.63. The highest BCUT2D eigenvalue weighted by molar-refractivity contribution is 7.99. The predicted octanol–water partition coefficient (Wildman–Crippen LogP) is 5.99. The Bertz CT molecular complexity index is 1160. The van der Waals surface area contributed by atoms with Crippen molar-refractivity contribution in [1.29, 1.82) is 0 Å². The van der Waals surface area contributed by atoms with Gasteiger partial charge in [0.05, 0.1) is 12.2 Å². The van der Waals surface area contributed by atoms with Crippen LogP contribution in [0.4, 0.5) is 5.95 Å². The SMILES string of the molecule is CCCCCOc1ccc(C2C(C(=O)OCc3ccccc3)=C(C)Nc3nc(SCC)nn32)cc1. The van der Waals surface area contributed by atoms with E-state index in [9.17, 15) is 4.79 Å². The summed E-state index contributed by atoms with van der Waals surface area (Å²) < 4.78 is 13.4. The Balaban J connectivity index is 1.61. The lowest BCUT2D eigenvalue weighted by Gasteiger charge is -2.28. The molecule has 2 heterocycles. The van der Waals surface area contributed by atoms with Gasteiger partial charge in [-0.2, -0.15) is 4.98 Å². The summed E-state index contributed by atoms with van der Waals surface area (Å²) in [5.74, 6) is 1.91. The van der Waals surface area contributed by atoms with Gasteiger partial charge < -0.3 is 14.8 Å². The van der Waals surface area contributed by atoms with E-state index in [1.54, 1.807) is 16.4 Å². The van der Waals surface area contributed by atoms with Crippen LogP contribution in [0.15, 0.2) is 71.0 Å². The highest BCUT2D eigenvalue weighted by atomic mass is 32.2. The molecule has 184 valence electrons. The van der Waals surface area contributed by atoms with Crippen molar-refractivity contribution >= 4 is 23.7 Å². The molecule has 0 spiro atoms. The number of rotatable bonds is 11. The quantitative estimate of drug-likeness (QED) is 0.200. The summed E-state index contributed by atoms with van der Waals surface area (Å²) in [6, 6.07) is 17.1. The van der Waals surface area contributed by atoms with E-state index in [0.29, 0.717) is 29.0 Å². The van der Waals surface area contributed by atoms with E-state index in [4.69, 9.17) is 14.6 Å². The molecule has 0 radical (unpaired) electrons. The van der Waals surface area contributed by atoms with Gasteiger partial charge in [-0.15, -0.1) is 5.10 Å². The lowest BCUT2D eigenvalue weighted by atomic mass is 9.95. The topological polar surface area (TPSA) is 78.3 Å². The van der Waals surface area contributed by atoms with Gasteiger partial charge in [-0.25, -0.2) is 9.48 Å². The lowest BCUT2D eigenvalue weighted by Crippen LogP contribution is -2.29. The lowest BCUT2D eigenvalue weighted by molar-refractivity contribution is -0.140. The zero-order valence-electron chi connectivity index (χ0n) is 20.5. The minimum Gasteiger partial charge on any atom is -0.494 e. The minimum absolute atomic E-state index is 0.203. The van der Waals surface area contributed by atoms with Crippen LogP contribution in [0.25, 0.3) is 0 Å². The molecule has 1 aromatic heterocycles. The van der Waals surface area contributed by atoms with Crippen LogP contribution in [0, 0.1) is 0 Å². The first-order chi connectivity index (χ1) is 17.1. The first-order valence-electron chi connectivity index (χ1n) is 12.1. The van der Waals surface area contributed by atoms with Crippen LogP contribution in [-0.2, 0) is 16.1 Å². The van der Waals surface area contributed by atoms with Gasteiger partial charge in [0.1, 0.15) is 18.4 Å². The molecule has 0 saturated heterocycles. The van der Waals surface area contributed by atoms with E-state index in [0.717, 1.165) is 41.9 Å². The molecule has 0 saturated carbocycles. The fraction of sp³-hybridized carbons (Fsp3) is 0.370. The molecule has 8 heteroatoms. The van der Waals surface area contributed by atoms with Crippen molar-refractivity contribution in [2.45, 2.75) is 57.8 Å². The van der Waals surface area contributed by atoms with Crippen molar-refractivity contribution in [1.82, 2.24) is 14.8 Å². The normalized spacial score (nSPS) is 14.9. The number of esters is 1. The third-order valence-corrected chi connectivity index (χ3v) is 6.47. The van der Waals surface area contributed by atoms with Gasteiger partial charge in [0.25, 0.3) is 0 Å². The van der Waals surface area contributed by atoms with Gasteiger partial charge in [0.2, 0.25) is 11.1 Å². The van der Waals surface area contributed by atoms with Crippen LogP contribution >= 0.6 is 11.8 Å². The molecule has 1 atom stereocenters. The van der Waals surface area contributed by atoms with Crippen molar-refractivity contribution in [3.05, 3.63) is 77.0 Å². The number of unbranched alkanes of at least 4 members (excludes halogenated alkanes) is 2. The van der Waals surface area contributed by atoms with Gasteiger partial charge in [-0.05, 0) is 42.4 Å². The summed E-state index contributed by atoms with van der Waals surface area (Å²) >= 11 is 1.56. The number of aromatic nitrogens is 3. The van der Waals surface area contributed by atoms with Crippen LogP contribution in [0.2, 0.25) is 0 Å². The Morgan fingerprint density at radius 1 is 1.09 bits per heavy atom. The average Bonchev–Trinajstić information content (AvgIpc) is 3.27. The van der Waals surface area contributed by atoms with E-state index < -0.39 is 6.04 Å². The van der Waals surface area contributed by atoms with Crippen LogP contribution in [0.3, 0.4) is 0 Å². The molecule has 4 rings (SSSR count). The molecule has 2 aromatic carbocycles. The molecule has 3 aromatic rings. The third-order valence-electron chi connectivity index (χ3n) is 5.75. The summed E-state index contributed by atoms with van der Waals surface area (Å²) in [5.41, 5.74) is 3.08. The summed E-state index contributed by atoms with van der Waals surface area (Å²) in [4.78, 5) is 18.0. The predicted molar refractivity (Wildman–Crippen MR) is 139 cm³/mol. The van der Waals surface area contributed by atoms with E-state index in [2.05, 4.69) is 24.1 Å². The fourth-order valence-corrected chi connectivity index (χ4v) is 4.54. The standard InChI is InChI=1S/C27H32N4O3S/c1-4-6-10-17-33-22-15-13-21(14-16-22)24-23(25(32)34-18-20-11-8-7-9-12-20)19(3)28-26-29-27(35-5-2)30-31(24)26/h7-9,11-16,24H,4-6,10,17-18H2,1-3H3,(H,28,29,30). The molecule has 1 unspecified atom stereocenters. The first kappa shape index (κ1) is 24.9. The van der Waals surface area contributed by atoms with Gasteiger partial charge in [0.15, 0.2) is 0 Å². The van der Waals surface area contributed by atoms with E-state index in [-0.39, 0.29) is 12.6 Å².